The molecule has 0 aliphatic heterocycles. The molecule has 1 aromatic rings. The SMILES string of the molecule is CCC(C)(C)OCc1cc(CNC)no1. The third-order valence-electron chi connectivity index (χ3n) is 2.42. The Bertz CT molecular complexity index is 295. The van der Waals surface area contributed by atoms with E-state index in [0.717, 1.165) is 24.4 Å². The summed E-state index contributed by atoms with van der Waals surface area (Å²) >= 11 is 0. The van der Waals surface area contributed by atoms with E-state index in [1.54, 1.807) is 0 Å². The smallest absolute Gasteiger partial charge is 0.162 e. The zero-order valence-electron chi connectivity index (χ0n) is 9.96. The molecule has 4 nitrogen and oxygen atoms in total. The fraction of sp³-hybridized carbons (Fsp3) is 0.727. The first-order valence-electron chi connectivity index (χ1n) is 5.30. The molecule has 0 saturated heterocycles. The summed E-state index contributed by atoms with van der Waals surface area (Å²) in [7, 11) is 1.88. The summed E-state index contributed by atoms with van der Waals surface area (Å²) in [6.45, 7) is 7.45. The quantitative estimate of drug-likeness (QED) is 0.784. The molecule has 1 rings (SSSR count). The third kappa shape index (κ3) is 4.01. The molecular formula is C11H20N2O2. The molecule has 0 aliphatic carbocycles. The van der Waals surface area contributed by atoms with Crippen LogP contribution in [0.4, 0.5) is 0 Å². The normalized spacial score (nSPS) is 12.0. The molecule has 0 amide bonds. The van der Waals surface area contributed by atoms with Gasteiger partial charge in [0.25, 0.3) is 0 Å². The molecule has 0 spiro atoms. The highest BCUT2D eigenvalue weighted by atomic mass is 16.5. The molecule has 0 saturated carbocycles. The summed E-state index contributed by atoms with van der Waals surface area (Å²) in [6.07, 6.45) is 0.977. The summed E-state index contributed by atoms with van der Waals surface area (Å²) in [5.74, 6) is 0.779. The van der Waals surface area contributed by atoms with Gasteiger partial charge in [-0.3, -0.25) is 0 Å². The Morgan fingerprint density at radius 2 is 2.27 bits per heavy atom. The van der Waals surface area contributed by atoms with Crippen molar-refractivity contribution in [3.63, 3.8) is 0 Å². The number of aromatic nitrogens is 1. The Labute approximate surface area is 91.0 Å². The lowest BCUT2D eigenvalue weighted by molar-refractivity contribution is -0.0398. The van der Waals surface area contributed by atoms with Crippen LogP contribution in [0.2, 0.25) is 0 Å². The van der Waals surface area contributed by atoms with Gasteiger partial charge in [-0.05, 0) is 27.3 Å². The zero-order chi connectivity index (χ0) is 11.3. The van der Waals surface area contributed by atoms with Crippen LogP contribution in [-0.2, 0) is 17.9 Å². The first kappa shape index (κ1) is 12.2. The molecule has 0 radical (unpaired) electrons. The first-order valence-corrected chi connectivity index (χ1v) is 5.30. The minimum atomic E-state index is -0.101. The van der Waals surface area contributed by atoms with E-state index in [1.807, 2.05) is 13.1 Å². The van der Waals surface area contributed by atoms with Crippen molar-refractivity contribution in [2.45, 2.75) is 45.9 Å². The van der Waals surface area contributed by atoms with Crippen molar-refractivity contribution in [3.05, 3.63) is 17.5 Å². The number of ether oxygens (including phenoxy) is 1. The van der Waals surface area contributed by atoms with E-state index in [-0.39, 0.29) is 5.60 Å². The molecule has 15 heavy (non-hydrogen) atoms. The van der Waals surface area contributed by atoms with Crippen molar-refractivity contribution in [2.24, 2.45) is 0 Å². The van der Waals surface area contributed by atoms with Crippen molar-refractivity contribution in [1.29, 1.82) is 0 Å². The predicted molar refractivity (Wildman–Crippen MR) is 58.4 cm³/mol. The van der Waals surface area contributed by atoms with Gasteiger partial charge in [0.05, 0.1) is 11.3 Å². The van der Waals surface area contributed by atoms with Crippen molar-refractivity contribution >= 4 is 0 Å². The van der Waals surface area contributed by atoms with Crippen LogP contribution in [0.1, 0.15) is 38.6 Å². The van der Waals surface area contributed by atoms with Gasteiger partial charge < -0.3 is 14.6 Å². The molecule has 0 atom stereocenters. The minimum Gasteiger partial charge on any atom is -0.368 e. The Balaban J connectivity index is 2.44. The molecule has 0 aromatic carbocycles. The topological polar surface area (TPSA) is 47.3 Å². The van der Waals surface area contributed by atoms with Crippen molar-refractivity contribution in [2.75, 3.05) is 7.05 Å². The molecule has 1 N–H and O–H groups in total. The maximum absolute atomic E-state index is 5.70. The van der Waals surface area contributed by atoms with E-state index in [0.29, 0.717) is 6.61 Å². The zero-order valence-corrected chi connectivity index (χ0v) is 9.96. The van der Waals surface area contributed by atoms with Gasteiger partial charge in [-0.15, -0.1) is 0 Å². The molecule has 0 unspecified atom stereocenters. The van der Waals surface area contributed by atoms with Gasteiger partial charge in [0.15, 0.2) is 5.76 Å². The molecule has 1 aromatic heterocycles. The molecule has 0 fully saturated rings. The lowest BCUT2D eigenvalue weighted by Crippen LogP contribution is -2.22. The van der Waals surface area contributed by atoms with E-state index in [1.165, 1.54) is 0 Å². The third-order valence-corrected chi connectivity index (χ3v) is 2.42. The van der Waals surface area contributed by atoms with Gasteiger partial charge in [-0.2, -0.15) is 0 Å². The van der Waals surface area contributed by atoms with Gasteiger partial charge in [-0.1, -0.05) is 12.1 Å². The van der Waals surface area contributed by atoms with E-state index < -0.39 is 0 Å². The average molecular weight is 212 g/mol. The van der Waals surface area contributed by atoms with Gasteiger partial charge in [-0.25, -0.2) is 0 Å². The van der Waals surface area contributed by atoms with E-state index in [4.69, 9.17) is 9.26 Å². The van der Waals surface area contributed by atoms with Crippen molar-refractivity contribution < 1.29 is 9.26 Å². The second-order valence-corrected chi connectivity index (χ2v) is 4.22. The summed E-state index contributed by atoms with van der Waals surface area (Å²) in [4.78, 5) is 0. The molecular weight excluding hydrogens is 192 g/mol. The maximum atomic E-state index is 5.70. The Morgan fingerprint density at radius 1 is 1.53 bits per heavy atom. The average Bonchev–Trinajstić information content (AvgIpc) is 2.64. The van der Waals surface area contributed by atoms with Crippen LogP contribution in [0.5, 0.6) is 0 Å². The molecule has 4 heteroatoms. The molecule has 86 valence electrons. The van der Waals surface area contributed by atoms with Gasteiger partial charge in [0.2, 0.25) is 0 Å². The lowest BCUT2D eigenvalue weighted by Gasteiger charge is -2.22. The highest BCUT2D eigenvalue weighted by Crippen LogP contribution is 2.16. The standard InChI is InChI=1S/C11H20N2O2/c1-5-11(2,3)14-8-10-6-9(7-12-4)13-15-10/h6,12H,5,7-8H2,1-4H3. The van der Waals surface area contributed by atoms with E-state index in [9.17, 15) is 0 Å². The van der Waals surface area contributed by atoms with Crippen LogP contribution in [-0.4, -0.2) is 17.8 Å². The van der Waals surface area contributed by atoms with Crippen LogP contribution in [0.25, 0.3) is 0 Å². The highest BCUT2D eigenvalue weighted by Gasteiger charge is 2.16. The largest absolute Gasteiger partial charge is 0.368 e. The Hall–Kier alpha value is -0.870. The monoisotopic (exact) mass is 212 g/mol. The van der Waals surface area contributed by atoms with Gasteiger partial charge >= 0.3 is 0 Å². The maximum Gasteiger partial charge on any atom is 0.162 e. The van der Waals surface area contributed by atoms with Crippen LogP contribution < -0.4 is 5.32 Å². The number of hydrogen-bond donors (Lipinski definition) is 1. The Morgan fingerprint density at radius 3 is 2.87 bits per heavy atom. The number of rotatable bonds is 6. The second kappa shape index (κ2) is 5.28. The van der Waals surface area contributed by atoms with Gasteiger partial charge in [0.1, 0.15) is 6.61 Å². The fourth-order valence-electron chi connectivity index (χ4n) is 1.06. The summed E-state index contributed by atoms with van der Waals surface area (Å²) < 4.78 is 10.8. The van der Waals surface area contributed by atoms with E-state index >= 15 is 0 Å². The van der Waals surface area contributed by atoms with Crippen LogP contribution in [0.15, 0.2) is 10.6 Å². The molecule has 1 heterocycles. The summed E-state index contributed by atoms with van der Waals surface area (Å²) in [5.41, 5.74) is 0.807. The number of nitrogens with one attached hydrogen (secondary N) is 1. The number of nitrogens with zero attached hydrogens (tertiary/aromatic N) is 1. The molecule has 0 bridgehead atoms. The first-order chi connectivity index (χ1) is 7.07. The number of hydrogen-bond acceptors (Lipinski definition) is 4. The van der Waals surface area contributed by atoms with Crippen molar-refractivity contribution in [1.82, 2.24) is 10.5 Å². The second-order valence-electron chi connectivity index (χ2n) is 4.22. The van der Waals surface area contributed by atoms with E-state index in [2.05, 4.69) is 31.2 Å². The summed E-state index contributed by atoms with van der Waals surface area (Å²) in [5, 5.41) is 6.93. The molecule has 0 aliphatic rings. The fourth-order valence-corrected chi connectivity index (χ4v) is 1.06. The minimum absolute atomic E-state index is 0.101. The van der Waals surface area contributed by atoms with Crippen molar-refractivity contribution in [3.8, 4) is 0 Å². The van der Waals surface area contributed by atoms with Crippen LogP contribution >= 0.6 is 0 Å². The predicted octanol–water partition coefficient (Wildman–Crippen LogP) is 2.10. The van der Waals surface area contributed by atoms with Crippen LogP contribution in [0.3, 0.4) is 0 Å². The highest BCUT2D eigenvalue weighted by molar-refractivity contribution is 5.04. The van der Waals surface area contributed by atoms with Crippen LogP contribution in [0, 0.1) is 0 Å². The van der Waals surface area contributed by atoms with Gasteiger partial charge in [0, 0.05) is 12.6 Å². The summed E-state index contributed by atoms with van der Waals surface area (Å²) in [6, 6.07) is 1.92. The Kier molecular flexibility index (Phi) is 4.29. The lowest BCUT2D eigenvalue weighted by atomic mass is 10.1.